The first kappa shape index (κ1) is 11.3. The van der Waals surface area contributed by atoms with E-state index < -0.39 is 24.2 Å². The summed E-state index contributed by atoms with van der Waals surface area (Å²) in [5.74, 6) is -0.485. The Morgan fingerprint density at radius 2 is 2.00 bits per heavy atom. The maximum Gasteiger partial charge on any atom is 0.408 e. The van der Waals surface area contributed by atoms with Crippen LogP contribution in [0.4, 0.5) is 13.2 Å². The summed E-state index contributed by atoms with van der Waals surface area (Å²) in [7, 11) is 2.77. The van der Waals surface area contributed by atoms with Gasteiger partial charge in [-0.15, -0.1) is 0 Å². The van der Waals surface area contributed by atoms with Gasteiger partial charge in [0.15, 0.2) is 0 Å². The van der Waals surface area contributed by atoms with Crippen LogP contribution in [0.15, 0.2) is 0 Å². The van der Waals surface area contributed by atoms with E-state index in [0.29, 0.717) is 0 Å². The molecule has 1 amide bonds. The second-order valence-corrected chi connectivity index (χ2v) is 3.43. The quantitative estimate of drug-likeness (QED) is 0.693. The highest BCUT2D eigenvalue weighted by Gasteiger charge is 2.47. The van der Waals surface area contributed by atoms with Gasteiger partial charge in [0.05, 0.1) is 6.04 Å². The van der Waals surface area contributed by atoms with Crippen LogP contribution in [0.3, 0.4) is 0 Å². The van der Waals surface area contributed by atoms with Crippen molar-refractivity contribution >= 4 is 5.91 Å². The van der Waals surface area contributed by atoms with Crippen LogP contribution in [-0.2, 0) is 4.79 Å². The minimum absolute atomic E-state index is 0.0305. The monoisotopic (exact) mass is 210 g/mol. The van der Waals surface area contributed by atoms with Gasteiger partial charge in [-0.05, 0) is 19.9 Å². The first-order valence-electron chi connectivity index (χ1n) is 4.38. The van der Waals surface area contributed by atoms with Crippen LogP contribution < -0.4 is 5.32 Å². The van der Waals surface area contributed by atoms with Crippen LogP contribution in [0.25, 0.3) is 0 Å². The van der Waals surface area contributed by atoms with Crippen molar-refractivity contribution in [3.05, 3.63) is 0 Å². The Labute approximate surface area is 80.3 Å². The molecule has 1 aliphatic rings. The molecule has 0 aliphatic carbocycles. The summed E-state index contributed by atoms with van der Waals surface area (Å²) in [5.41, 5.74) is 0. The van der Waals surface area contributed by atoms with Crippen molar-refractivity contribution < 1.29 is 18.0 Å². The third kappa shape index (κ3) is 2.00. The van der Waals surface area contributed by atoms with E-state index in [1.54, 1.807) is 7.05 Å². The highest BCUT2D eigenvalue weighted by molar-refractivity contribution is 5.82. The number of halogens is 3. The molecule has 14 heavy (non-hydrogen) atoms. The predicted octanol–water partition coefficient (Wildman–Crippen LogP) is 0.757. The van der Waals surface area contributed by atoms with Crippen molar-refractivity contribution in [3.63, 3.8) is 0 Å². The number of likely N-dealkylation sites (tertiary alicyclic amines) is 1. The third-order valence-electron chi connectivity index (χ3n) is 2.57. The zero-order valence-electron chi connectivity index (χ0n) is 8.06. The molecule has 82 valence electrons. The Kier molecular flexibility index (Phi) is 3.04. The lowest BCUT2D eigenvalue weighted by molar-refractivity contribution is -0.194. The average molecular weight is 210 g/mol. The number of amides is 1. The number of nitrogens with one attached hydrogen (secondary N) is 1. The molecule has 3 nitrogen and oxygen atoms in total. The first-order valence-corrected chi connectivity index (χ1v) is 4.38. The molecule has 1 heterocycles. The second-order valence-electron chi connectivity index (χ2n) is 3.43. The molecule has 1 N–H and O–H groups in total. The zero-order chi connectivity index (χ0) is 10.9. The van der Waals surface area contributed by atoms with Crippen LogP contribution in [0.5, 0.6) is 0 Å². The van der Waals surface area contributed by atoms with Gasteiger partial charge in [0.2, 0.25) is 5.91 Å². The van der Waals surface area contributed by atoms with Crippen LogP contribution in [0, 0.1) is 0 Å². The molecule has 0 aromatic carbocycles. The normalized spacial score (nSPS) is 29.5. The van der Waals surface area contributed by atoms with Crippen molar-refractivity contribution in [2.75, 3.05) is 14.1 Å². The van der Waals surface area contributed by atoms with Gasteiger partial charge in [-0.2, -0.15) is 13.2 Å². The van der Waals surface area contributed by atoms with Gasteiger partial charge in [0, 0.05) is 7.05 Å². The average Bonchev–Trinajstić information content (AvgIpc) is 2.07. The Morgan fingerprint density at radius 3 is 2.43 bits per heavy atom. The fraction of sp³-hybridized carbons (Fsp3) is 0.875. The fourth-order valence-corrected chi connectivity index (χ4v) is 1.69. The molecule has 0 aromatic heterocycles. The lowest BCUT2D eigenvalue weighted by Crippen LogP contribution is -2.57. The Morgan fingerprint density at radius 1 is 1.43 bits per heavy atom. The SMILES string of the molecule is CN[C@@H]1CC[C@@H](C(F)(F)F)N(C)C1=O. The maximum atomic E-state index is 12.4. The van der Waals surface area contributed by atoms with Gasteiger partial charge < -0.3 is 10.2 Å². The van der Waals surface area contributed by atoms with E-state index in [-0.39, 0.29) is 12.8 Å². The van der Waals surface area contributed by atoms with Gasteiger partial charge in [0.25, 0.3) is 0 Å². The molecular formula is C8H13F3N2O. The highest BCUT2D eigenvalue weighted by Crippen LogP contribution is 2.31. The summed E-state index contributed by atoms with van der Waals surface area (Å²) in [5, 5.41) is 2.70. The van der Waals surface area contributed by atoms with Crippen molar-refractivity contribution in [3.8, 4) is 0 Å². The highest BCUT2D eigenvalue weighted by atomic mass is 19.4. The first-order chi connectivity index (χ1) is 6.38. The lowest BCUT2D eigenvalue weighted by Gasteiger charge is -2.37. The molecular weight excluding hydrogens is 197 g/mol. The molecule has 0 bridgehead atoms. The fourth-order valence-electron chi connectivity index (χ4n) is 1.69. The van der Waals surface area contributed by atoms with Crippen molar-refractivity contribution in [2.45, 2.75) is 31.1 Å². The van der Waals surface area contributed by atoms with E-state index in [4.69, 9.17) is 0 Å². The molecule has 0 radical (unpaired) electrons. The van der Waals surface area contributed by atoms with E-state index in [1.165, 1.54) is 7.05 Å². The molecule has 1 aliphatic heterocycles. The molecule has 2 atom stereocenters. The maximum absolute atomic E-state index is 12.4. The second kappa shape index (κ2) is 3.76. The largest absolute Gasteiger partial charge is 0.408 e. The van der Waals surface area contributed by atoms with E-state index >= 15 is 0 Å². The summed E-state index contributed by atoms with van der Waals surface area (Å²) in [6.45, 7) is 0. The van der Waals surface area contributed by atoms with Crippen molar-refractivity contribution in [1.29, 1.82) is 0 Å². The number of likely N-dealkylation sites (N-methyl/N-ethyl adjacent to an activating group) is 2. The molecule has 0 unspecified atom stereocenters. The van der Waals surface area contributed by atoms with Gasteiger partial charge >= 0.3 is 6.18 Å². The zero-order valence-corrected chi connectivity index (χ0v) is 8.06. The summed E-state index contributed by atoms with van der Waals surface area (Å²) in [4.78, 5) is 12.2. The van der Waals surface area contributed by atoms with Crippen molar-refractivity contribution in [1.82, 2.24) is 10.2 Å². The van der Waals surface area contributed by atoms with Gasteiger partial charge in [-0.3, -0.25) is 4.79 Å². The van der Waals surface area contributed by atoms with Crippen molar-refractivity contribution in [2.24, 2.45) is 0 Å². The van der Waals surface area contributed by atoms with Gasteiger partial charge in [-0.25, -0.2) is 0 Å². The van der Waals surface area contributed by atoms with E-state index in [9.17, 15) is 18.0 Å². The number of carbonyl (C=O) groups excluding carboxylic acids is 1. The molecule has 0 saturated carbocycles. The number of hydrogen-bond acceptors (Lipinski definition) is 2. The molecule has 6 heteroatoms. The minimum atomic E-state index is -4.32. The smallest absolute Gasteiger partial charge is 0.332 e. The van der Waals surface area contributed by atoms with Crippen LogP contribution in [0.1, 0.15) is 12.8 Å². The Hall–Kier alpha value is -0.780. The topological polar surface area (TPSA) is 32.3 Å². The standard InChI is InChI=1S/C8H13F3N2O/c1-12-5-3-4-6(8(9,10)11)13(2)7(5)14/h5-6,12H,3-4H2,1-2H3/t5-,6+/m1/s1. The summed E-state index contributed by atoms with van der Waals surface area (Å²) < 4.78 is 37.1. The van der Waals surface area contributed by atoms with Gasteiger partial charge in [0.1, 0.15) is 6.04 Å². The summed E-state index contributed by atoms with van der Waals surface area (Å²) >= 11 is 0. The van der Waals surface area contributed by atoms with Crippen LogP contribution in [0.2, 0.25) is 0 Å². The molecule has 0 aromatic rings. The molecule has 1 rings (SSSR count). The Bertz CT molecular complexity index is 229. The molecule has 1 fully saturated rings. The van der Waals surface area contributed by atoms with E-state index in [2.05, 4.69) is 5.32 Å². The third-order valence-corrected chi connectivity index (χ3v) is 2.57. The summed E-state index contributed by atoms with van der Waals surface area (Å²) in [6.07, 6.45) is -4.11. The molecule has 1 saturated heterocycles. The van der Waals surface area contributed by atoms with Gasteiger partial charge in [-0.1, -0.05) is 0 Å². The van der Waals surface area contributed by atoms with Crippen LogP contribution in [-0.4, -0.2) is 43.2 Å². The number of hydrogen-bond donors (Lipinski definition) is 1. The Balaban J connectivity index is 2.74. The number of rotatable bonds is 1. The van der Waals surface area contributed by atoms with E-state index in [0.717, 1.165) is 4.90 Å². The number of piperidine rings is 1. The lowest BCUT2D eigenvalue weighted by atomic mass is 9.98. The minimum Gasteiger partial charge on any atom is -0.332 e. The number of alkyl halides is 3. The van der Waals surface area contributed by atoms with Crippen LogP contribution >= 0.6 is 0 Å². The van der Waals surface area contributed by atoms with E-state index in [1.807, 2.05) is 0 Å². The summed E-state index contributed by atoms with van der Waals surface area (Å²) in [6, 6.07) is -2.10. The molecule has 0 spiro atoms. The number of nitrogens with zero attached hydrogens (tertiary/aromatic N) is 1. The predicted molar refractivity (Wildman–Crippen MR) is 44.7 cm³/mol. The number of carbonyl (C=O) groups is 1.